The smallest absolute Gasteiger partial charge is 0.284 e. The van der Waals surface area contributed by atoms with E-state index in [0.717, 1.165) is 5.57 Å². The van der Waals surface area contributed by atoms with E-state index in [0.29, 0.717) is 23.3 Å². The lowest BCUT2D eigenvalue weighted by molar-refractivity contribution is -0.385. The summed E-state index contributed by atoms with van der Waals surface area (Å²) in [6.07, 6.45) is 4.02. The molecular weight excluding hydrogens is 386 g/mol. The number of hydrogen-bond acceptors (Lipinski definition) is 6. The van der Waals surface area contributed by atoms with Gasteiger partial charge in [0.25, 0.3) is 5.69 Å². The van der Waals surface area contributed by atoms with Crippen LogP contribution >= 0.6 is 0 Å². The van der Waals surface area contributed by atoms with Crippen molar-refractivity contribution in [1.82, 2.24) is 0 Å². The van der Waals surface area contributed by atoms with E-state index in [1.54, 1.807) is 54.8 Å². The van der Waals surface area contributed by atoms with E-state index < -0.39 is 10.7 Å². The van der Waals surface area contributed by atoms with Crippen molar-refractivity contribution in [3.8, 4) is 5.75 Å². The monoisotopic (exact) mass is 407 g/mol. The fourth-order valence-corrected chi connectivity index (χ4v) is 3.08. The Morgan fingerprint density at radius 3 is 2.50 bits per heavy atom. The molecule has 0 aliphatic rings. The van der Waals surface area contributed by atoms with Crippen molar-refractivity contribution in [2.45, 2.75) is 13.3 Å². The molecule has 0 bridgehead atoms. The van der Waals surface area contributed by atoms with Crippen molar-refractivity contribution < 1.29 is 23.6 Å². The molecule has 0 N–H and O–H groups in total. The molecule has 7 heteroatoms. The Kier molecular flexibility index (Phi) is 6.77. The Hall–Kier alpha value is -3.71. The predicted molar refractivity (Wildman–Crippen MR) is 112 cm³/mol. The van der Waals surface area contributed by atoms with Crippen LogP contribution in [0.15, 0.2) is 65.3 Å². The minimum absolute atomic E-state index is 0.0948. The van der Waals surface area contributed by atoms with Gasteiger partial charge in [-0.05, 0) is 36.3 Å². The number of methoxy groups -OCH3 is 1. The summed E-state index contributed by atoms with van der Waals surface area (Å²) in [5.41, 5.74) is 1.25. The molecule has 0 aliphatic carbocycles. The van der Waals surface area contributed by atoms with E-state index in [9.17, 15) is 14.9 Å². The summed E-state index contributed by atoms with van der Waals surface area (Å²) in [5, 5.41) is 11.7. The van der Waals surface area contributed by atoms with Gasteiger partial charge in [0.2, 0.25) is 5.78 Å². The van der Waals surface area contributed by atoms with E-state index in [1.807, 2.05) is 13.0 Å². The zero-order valence-corrected chi connectivity index (χ0v) is 16.7. The molecule has 0 unspecified atom stereocenters. The van der Waals surface area contributed by atoms with Crippen LogP contribution < -0.4 is 4.74 Å². The molecular formula is C23H21NO6. The molecule has 2 aromatic carbocycles. The number of rotatable bonds is 9. The molecule has 0 saturated heterocycles. The number of nitro benzene ring substituents is 1. The van der Waals surface area contributed by atoms with E-state index in [2.05, 4.69) is 0 Å². The lowest BCUT2D eigenvalue weighted by atomic mass is 9.96. The number of ether oxygens (including phenoxy) is 2. The molecule has 1 heterocycles. The molecule has 30 heavy (non-hydrogen) atoms. The molecule has 3 aromatic rings. The lowest BCUT2D eigenvalue weighted by Gasteiger charge is -2.14. The molecule has 0 saturated carbocycles. The zero-order chi connectivity index (χ0) is 21.5. The zero-order valence-electron chi connectivity index (χ0n) is 16.7. The van der Waals surface area contributed by atoms with Gasteiger partial charge in [-0.15, -0.1) is 0 Å². The maximum atomic E-state index is 13.2. The summed E-state index contributed by atoms with van der Waals surface area (Å²) < 4.78 is 16.2. The van der Waals surface area contributed by atoms with E-state index >= 15 is 0 Å². The van der Waals surface area contributed by atoms with Crippen molar-refractivity contribution in [3.63, 3.8) is 0 Å². The third-order valence-electron chi connectivity index (χ3n) is 4.50. The first-order valence-electron chi connectivity index (χ1n) is 9.34. The molecule has 0 amide bonds. The van der Waals surface area contributed by atoms with Gasteiger partial charge in [0.15, 0.2) is 6.79 Å². The summed E-state index contributed by atoms with van der Waals surface area (Å²) in [7, 11) is 1.44. The minimum atomic E-state index is -0.587. The average Bonchev–Trinajstić information content (AvgIpc) is 3.30. The van der Waals surface area contributed by atoms with Crippen LogP contribution in [0.25, 0.3) is 11.6 Å². The number of allylic oxidation sites excluding steroid dienone is 1. The Balaban J connectivity index is 2.23. The summed E-state index contributed by atoms with van der Waals surface area (Å²) in [6, 6.07) is 14.9. The van der Waals surface area contributed by atoms with Gasteiger partial charge in [0.05, 0.1) is 11.2 Å². The van der Waals surface area contributed by atoms with Crippen LogP contribution in [0, 0.1) is 10.1 Å². The number of furan rings is 1. The number of benzene rings is 2. The third-order valence-corrected chi connectivity index (χ3v) is 4.50. The second-order valence-electron chi connectivity index (χ2n) is 6.38. The maximum absolute atomic E-state index is 13.2. The van der Waals surface area contributed by atoms with Gasteiger partial charge in [0.1, 0.15) is 17.1 Å². The summed E-state index contributed by atoms with van der Waals surface area (Å²) in [5.74, 6) is 0.265. The summed E-state index contributed by atoms with van der Waals surface area (Å²) in [6.45, 7) is 1.80. The van der Waals surface area contributed by atoms with Crippen LogP contribution in [0.4, 0.5) is 5.69 Å². The highest BCUT2D eigenvalue weighted by Crippen LogP contribution is 2.37. The normalized spacial score (nSPS) is 11.3. The Morgan fingerprint density at radius 1 is 1.13 bits per heavy atom. The number of nitro groups is 1. The van der Waals surface area contributed by atoms with E-state index in [1.165, 1.54) is 13.2 Å². The van der Waals surface area contributed by atoms with Gasteiger partial charge < -0.3 is 13.9 Å². The fraction of sp³-hybridized carbons (Fsp3) is 0.174. The highest BCUT2D eigenvalue weighted by atomic mass is 16.7. The highest BCUT2D eigenvalue weighted by Gasteiger charge is 2.28. The Labute approximate surface area is 173 Å². The van der Waals surface area contributed by atoms with Crippen LogP contribution in [0.3, 0.4) is 0 Å². The number of carbonyl (C=O) groups is 1. The average molecular weight is 407 g/mol. The molecule has 0 aliphatic heterocycles. The van der Waals surface area contributed by atoms with Crippen molar-refractivity contribution >= 4 is 23.1 Å². The number of ketones is 1. The van der Waals surface area contributed by atoms with Gasteiger partial charge in [-0.1, -0.05) is 37.3 Å². The van der Waals surface area contributed by atoms with E-state index in [-0.39, 0.29) is 23.8 Å². The third kappa shape index (κ3) is 4.47. The maximum Gasteiger partial charge on any atom is 0.284 e. The predicted octanol–water partition coefficient (Wildman–Crippen LogP) is 5.35. The standard InChI is InChI=1S/C23H21NO6/c1-3-16(20-10-7-13-29-20)14-18-11-12-19(24(26)27)21(23(18)30-15-28-2)22(25)17-8-5-4-6-9-17/h4-14H,3,15H2,1-2H3/b16-14+. The Bertz CT molecular complexity index is 1050. The largest absolute Gasteiger partial charge is 0.466 e. The van der Waals surface area contributed by atoms with Crippen LogP contribution in [-0.2, 0) is 4.74 Å². The number of nitrogens with zero attached hydrogens (tertiary/aromatic N) is 1. The molecule has 0 spiro atoms. The van der Waals surface area contributed by atoms with Gasteiger partial charge in [-0.3, -0.25) is 14.9 Å². The summed E-state index contributed by atoms with van der Waals surface area (Å²) >= 11 is 0. The molecule has 3 rings (SSSR count). The van der Waals surface area contributed by atoms with Crippen LogP contribution in [-0.4, -0.2) is 24.6 Å². The van der Waals surface area contributed by atoms with Crippen molar-refractivity contribution in [2.24, 2.45) is 0 Å². The van der Waals surface area contributed by atoms with Gasteiger partial charge in [-0.25, -0.2) is 0 Å². The Morgan fingerprint density at radius 2 is 1.90 bits per heavy atom. The molecule has 0 fully saturated rings. The first-order chi connectivity index (χ1) is 14.6. The van der Waals surface area contributed by atoms with Crippen LogP contribution in [0.5, 0.6) is 5.75 Å². The molecule has 0 atom stereocenters. The minimum Gasteiger partial charge on any atom is -0.466 e. The van der Waals surface area contributed by atoms with Gasteiger partial charge >= 0.3 is 0 Å². The number of hydrogen-bond donors (Lipinski definition) is 0. The van der Waals surface area contributed by atoms with Crippen molar-refractivity contribution in [3.05, 3.63) is 93.4 Å². The van der Waals surface area contributed by atoms with Crippen LogP contribution in [0.1, 0.15) is 40.6 Å². The van der Waals surface area contributed by atoms with Crippen molar-refractivity contribution in [1.29, 1.82) is 0 Å². The lowest BCUT2D eigenvalue weighted by Crippen LogP contribution is -2.11. The molecule has 0 radical (unpaired) electrons. The quantitative estimate of drug-likeness (QED) is 0.205. The second kappa shape index (κ2) is 9.67. The topological polar surface area (TPSA) is 91.8 Å². The molecule has 7 nitrogen and oxygen atoms in total. The van der Waals surface area contributed by atoms with Gasteiger partial charge in [0, 0.05) is 24.3 Å². The fourth-order valence-electron chi connectivity index (χ4n) is 3.08. The molecule has 154 valence electrons. The summed E-state index contributed by atoms with van der Waals surface area (Å²) in [4.78, 5) is 24.3. The molecule has 1 aromatic heterocycles. The SMILES string of the molecule is CC/C(=C\c1ccc([N+](=O)[O-])c(C(=O)c2ccccc2)c1OCOC)c1ccco1. The first kappa shape index (κ1) is 21.0. The van der Waals surface area contributed by atoms with Crippen LogP contribution in [0.2, 0.25) is 0 Å². The van der Waals surface area contributed by atoms with Crippen molar-refractivity contribution in [2.75, 3.05) is 13.9 Å². The second-order valence-corrected chi connectivity index (χ2v) is 6.38. The highest BCUT2D eigenvalue weighted by molar-refractivity contribution is 6.14. The van der Waals surface area contributed by atoms with Gasteiger partial charge in [-0.2, -0.15) is 0 Å². The van der Waals surface area contributed by atoms with E-state index in [4.69, 9.17) is 13.9 Å². The first-order valence-corrected chi connectivity index (χ1v) is 9.34. The number of carbonyl (C=O) groups excluding carboxylic acids is 1.